The number of carboxylic acids is 1. The van der Waals surface area contributed by atoms with E-state index in [4.69, 9.17) is 5.11 Å². The molecule has 1 rings (SSSR count). The number of aryl methyl sites for hydroxylation is 1. The largest absolute Gasteiger partial charge is 0.481 e. The summed E-state index contributed by atoms with van der Waals surface area (Å²) >= 11 is 1.11. The van der Waals surface area contributed by atoms with Gasteiger partial charge in [-0.1, -0.05) is 36.8 Å². The van der Waals surface area contributed by atoms with Gasteiger partial charge >= 0.3 is 5.97 Å². The summed E-state index contributed by atoms with van der Waals surface area (Å²) in [6, 6.07) is 8.04. The van der Waals surface area contributed by atoms with Crippen LogP contribution in [0.3, 0.4) is 0 Å². The summed E-state index contributed by atoms with van der Waals surface area (Å²) in [5, 5.41) is 11.4. The zero-order valence-electron chi connectivity index (χ0n) is 11.2. The zero-order valence-corrected chi connectivity index (χ0v) is 12.0. The molecular formula is C14H19NO3S. The highest BCUT2D eigenvalue weighted by atomic mass is 32.2. The van der Waals surface area contributed by atoms with Gasteiger partial charge in [0.1, 0.15) is 0 Å². The van der Waals surface area contributed by atoms with Crippen LogP contribution in [0.1, 0.15) is 30.5 Å². The van der Waals surface area contributed by atoms with Gasteiger partial charge in [-0.05, 0) is 18.9 Å². The monoisotopic (exact) mass is 281 g/mol. The Morgan fingerprint density at radius 2 is 1.89 bits per heavy atom. The average molecular weight is 281 g/mol. The second-order valence-corrected chi connectivity index (χ2v) is 5.31. The number of benzene rings is 1. The first-order chi connectivity index (χ1) is 9.02. The first-order valence-corrected chi connectivity index (χ1v) is 7.34. The minimum Gasteiger partial charge on any atom is -0.481 e. The van der Waals surface area contributed by atoms with Crippen LogP contribution < -0.4 is 5.32 Å². The molecule has 2 N–H and O–H groups in total. The van der Waals surface area contributed by atoms with Gasteiger partial charge in [0.05, 0.1) is 17.5 Å². The molecule has 0 fully saturated rings. The molecule has 5 heteroatoms. The third kappa shape index (κ3) is 5.79. The Hall–Kier alpha value is -1.49. The van der Waals surface area contributed by atoms with Crippen LogP contribution in [0.5, 0.6) is 0 Å². The van der Waals surface area contributed by atoms with Crippen molar-refractivity contribution in [3.05, 3.63) is 35.4 Å². The van der Waals surface area contributed by atoms with Crippen LogP contribution in [0.15, 0.2) is 24.3 Å². The third-order valence-electron chi connectivity index (χ3n) is 2.68. The molecule has 0 radical (unpaired) electrons. The molecule has 19 heavy (non-hydrogen) atoms. The van der Waals surface area contributed by atoms with Crippen molar-refractivity contribution in [1.29, 1.82) is 0 Å². The maximum absolute atomic E-state index is 11.7. The van der Waals surface area contributed by atoms with Gasteiger partial charge in [-0.25, -0.2) is 0 Å². The van der Waals surface area contributed by atoms with Crippen molar-refractivity contribution >= 4 is 23.6 Å². The lowest BCUT2D eigenvalue weighted by molar-refractivity contribution is -0.133. The van der Waals surface area contributed by atoms with E-state index in [0.29, 0.717) is 0 Å². The predicted octanol–water partition coefficient (Wildman–Crippen LogP) is 2.38. The Kier molecular flexibility index (Phi) is 6.42. The minimum absolute atomic E-state index is 0.0153. The normalized spacial score (nSPS) is 11.9. The van der Waals surface area contributed by atoms with Gasteiger partial charge in [0.15, 0.2) is 0 Å². The highest BCUT2D eigenvalue weighted by Crippen LogP contribution is 2.17. The van der Waals surface area contributed by atoms with E-state index in [1.807, 2.05) is 38.1 Å². The topological polar surface area (TPSA) is 66.4 Å². The summed E-state index contributed by atoms with van der Waals surface area (Å²) in [5.74, 6) is -0.898. The Bertz CT molecular complexity index is 431. The minimum atomic E-state index is -0.900. The van der Waals surface area contributed by atoms with Gasteiger partial charge in [-0.15, -0.1) is 11.8 Å². The van der Waals surface area contributed by atoms with E-state index in [1.165, 1.54) is 5.56 Å². The second-order valence-electron chi connectivity index (χ2n) is 4.33. The van der Waals surface area contributed by atoms with E-state index in [1.54, 1.807) is 0 Å². The van der Waals surface area contributed by atoms with Crippen LogP contribution in [-0.2, 0) is 9.59 Å². The number of thioether (sulfide) groups is 1. The van der Waals surface area contributed by atoms with Crippen molar-refractivity contribution in [3.8, 4) is 0 Å². The lowest BCUT2D eigenvalue weighted by Crippen LogP contribution is -2.29. The molecule has 0 aliphatic carbocycles. The fraction of sp³-hybridized carbons (Fsp3) is 0.429. The van der Waals surface area contributed by atoms with E-state index < -0.39 is 5.97 Å². The molecule has 0 spiro atoms. The molecule has 4 nitrogen and oxygen atoms in total. The van der Waals surface area contributed by atoms with Crippen LogP contribution in [0.2, 0.25) is 0 Å². The fourth-order valence-electron chi connectivity index (χ4n) is 1.69. The molecular weight excluding hydrogens is 262 g/mol. The van der Waals surface area contributed by atoms with Crippen LogP contribution in [0.25, 0.3) is 0 Å². The third-order valence-corrected chi connectivity index (χ3v) is 3.60. The van der Waals surface area contributed by atoms with E-state index >= 15 is 0 Å². The first-order valence-electron chi connectivity index (χ1n) is 6.18. The highest BCUT2D eigenvalue weighted by molar-refractivity contribution is 8.00. The van der Waals surface area contributed by atoms with E-state index in [-0.39, 0.29) is 23.5 Å². The lowest BCUT2D eigenvalue weighted by Gasteiger charge is -2.17. The van der Waals surface area contributed by atoms with E-state index in [2.05, 4.69) is 5.32 Å². The second kappa shape index (κ2) is 7.84. The number of nitrogens with one attached hydrogen (secondary N) is 1. The summed E-state index contributed by atoms with van der Waals surface area (Å²) in [6.45, 7) is 4.03. The number of carbonyl (C=O) groups is 2. The standard InChI is InChI=1S/C14H19NO3S/c1-3-12(11-6-4-10(2)5-7-11)15-13(16)8-19-9-14(17)18/h4-7,12H,3,8-9H2,1-2H3,(H,15,16)(H,17,18). The SMILES string of the molecule is CCC(NC(=O)CSCC(=O)O)c1ccc(C)cc1. The maximum Gasteiger partial charge on any atom is 0.313 e. The van der Waals surface area contributed by atoms with Gasteiger partial charge in [0.25, 0.3) is 0 Å². The molecule has 0 bridgehead atoms. The van der Waals surface area contributed by atoms with Crippen molar-refractivity contribution < 1.29 is 14.7 Å². The molecule has 1 aromatic rings. The Labute approximate surface area is 117 Å². The van der Waals surface area contributed by atoms with E-state index in [9.17, 15) is 9.59 Å². The molecule has 1 atom stereocenters. The van der Waals surface area contributed by atoms with Crippen molar-refractivity contribution in [2.24, 2.45) is 0 Å². The molecule has 0 saturated carbocycles. The molecule has 1 amide bonds. The Morgan fingerprint density at radius 3 is 2.42 bits per heavy atom. The van der Waals surface area contributed by atoms with Gasteiger partial charge in [0.2, 0.25) is 5.91 Å². The summed E-state index contributed by atoms with van der Waals surface area (Å²) in [6.07, 6.45) is 0.804. The van der Waals surface area contributed by atoms with Gasteiger partial charge in [-0.2, -0.15) is 0 Å². The Balaban J connectivity index is 2.50. The summed E-state index contributed by atoms with van der Waals surface area (Å²) < 4.78 is 0. The highest BCUT2D eigenvalue weighted by Gasteiger charge is 2.12. The Morgan fingerprint density at radius 1 is 1.26 bits per heavy atom. The van der Waals surface area contributed by atoms with Gasteiger partial charge < -0.3 is 10.4 Å². The van der Waals surface area contributed by atoms with Crippen LogP contribution in [0.4, 0.5) is 0 Å². The van der Waals surface area contributed by atoms with Gasteiger partial charge in [-0.3, -0.25) is 9.59 Å². The molecule has 0 saturated heterocycles. The molecule has 0 heterocycles. The van der Waals surface area contributed by atoms with Crippen LogP contribution >= 0.6 is 11.8 Å². The summed E-state index contributed by atoms with van der Waals surface area (Å²) in [5.41, 5.74) is 2.26. The number of hydrogen-bond acceptors (Lipinski definition) is 3. The maximum atomic E-state index is 11.7. The van der Waals surface area contributed by atoms with E-state index in [0.717, 1.165) is 23.7 Å². The van der Waals surface area contributed by atoms with Crippen molar-refractivity contribution in [2.45, 2.75) is 26.3 Å². The number of aliphatic carboxylic acids is 1. The van der Waals surface area contributed by atoms with Crippen LogP contribution in [0, 0.1) is 6.92 Å². The summed E-state index contributed by atoms with van der Waals surface area (Å²) in [4.78, 5) is 22.1. The van der Waals surface area contributed by atoms with Crippen molar-refractivity contribution in [1.82, 2.24) is 5.32 Å². The predicted molar refractivity (Wildman–Crippen MR) is 77.3 cm³/mol. The first kappa shape index (κ1) is 15.6. The smallest absolute Gasteiger partial charge is 0.313 e. The van der Waals surface area contributed by atoms with Crippen LogP contribution in [-0.4, -0.2) is 28.5 Å². The molecule has 0 aliphatic rings. The average Bonchev–Trinajstić information content (AvgIpc) is 2.36. The van der Waals surface area contributed by atoms with Crippen molar-refractivity contribution in [2.75, 3.05) is 11.5 Å². The molecule has 104 valence electrons. The number of rotatable bonds is 7. The fourth-order valence-corrected chi connectivity index (χ4v) is 2.23. The molecule has 1 unspecified atom stereocenters. The lowest BCUT2D eigenvalue weighted by atomic mass is 10.0. The van der Waals surface area contributed by atoms with Gasteiger partial charge in [0, 0.05) is 0 Å². The quantitative estimate of drug-likeness (QED) is 0.805. The number of carbonyl (C=O) groups excluding carboxylic acids is 1. The van der Waals surface area contributed by atoms with Crippen molar-refractivity contribution in [3.63, 3.8) is 0 Å². The zero-order chi connectivity index (χ0) is 14.3. The summed E-state index contributed by atoms with van der Waals surface area (Å²) in [7, 11) is 0. The molecule has 1 aromatic carbocycles. The number of hydrogen-bond donors (Lipinski definition) is 2. The molecule has 0 aliphatic heterocycles. The molecule has 0 aromatic heterocycles. The number of amides is 1. The number of carboxylic acid groups (broad SMARTS) is 1.